The van der Waals surface area contributed by atoms with Gasteiger partial charge in [-0.2, -0.15) is 0 Å². The van der Waals surface area contributed by atoms with Crippen LogP contribution in [0, 0.1) is 0 Å². The monoisotopic (exact) mass is 230 g/mol. The fraction of sp³-hybridized carbons (Fsp3) is 0.250. The molecule has 1 unspecified atom stereocenters. The minimum atomic E-state index is -0.648. The molecule has 1 nitrogen and oxygen atoms in total. The Kier molecular flexibility index (Phi) is 1.95. The molecule has 0 spiro atoms. The molecule has 1 aliphatic heterocycles. The summed E-state index contributed by atoms with van der Waals surface area (Å²) in [6, 6.07) is 6.10. The summed E-state index contributed by atoms with van der Waals surface area (Å²) in [6.45, 7) is 0. The van der Waals surface area contributed by atoms with Crippen molar-refractivity contribution >= 4 is 27.1 Å². The number of hydrogen-bond acceptors (Lipinski definition) is 1. The molecule has 3 heteroatoms. The van der Waals surface area contributed by atoms with Gasteiger partial charge in [0.15, 0.2) is 0 Å². The maximum absolute atomic E-state index is 11.1. The van der Waals surface area contributed by atoms with Gasteiger partial charge in [-0.05, 0) is 23.3 Å². The second-order valence-electron chi connectivity index (χ2n) is 2.64. The van der Waals surface area contributed by atoms with Crippen LogP contribution in [0.15, 0.2) is 22.7 Å². The number of benzene rings is 1. The first kappa shape index (κ1) is 7.65. The van der Waals surface area contributed by atoms with Gasteiger partial charge in [0, 0.05) is 15.6 Å². The van der Waals surface area contributed by atoms with Gasteiger partial charge >= 0.3 is 0 Å². The summed E-state index contributed by atoms with van der Waals surface area (Å²) >= 11 is 2.74. The topological polar surface area (TPSA) is 23.1 Å². The van der Waals surface area contributed by atoms with Crippen LogP contribution >= 0.6 is 15.9 Å². The molecular formula is C8H7BrOS. The lowest BCUT2D eigenvalue weighted by Gasteiger charge is -1.97. The van der Waals surface area contributed by atoms with E-state index >= 15 is 0 Å². The molecule has 0 saturated heterocycles. The highest BCUT2D eigenvalue weighted by Gasteiger charge is 2.21. The molecule has 1 heterocycles. The molecule has 0 aliphatic carbocycles. The molecule has 11 heavy (non-hydrogen) atoms. The standard InChI is InChI=1S/C8H7BrOS/c9-8-2-1-6-4-11(10)5-7(6)3-8/h1-3H,4-5H2. The van der Waals surface area contributed by atoms with E-state index in [0.29, 0.717) is 0 Å². The SMILES string of the molecule is [O-][S+]1Cc2ccc(Br)cc2C1. The van der Waals surface area contributed by atoms with E-state index in [1.807, 2.05) is 12.1 Å². The van der Waals surface area contributed by atoms with Gasteiger partial charge in [0.1, 0.15) is 11.5 Å². The quantitative estimate of drug-likeness (QED) is 0.628. The largest absolute Gasteiger partial charge is 0.616 e. The normalized spacial score (nSPS) is 21.8. The van der Waals surface area contributed by atoms with Gasteiger partial charge < -0.3 is 4.55 Å². The second kappa shape index (κ2) is 2.81. The summed E-state index contributed by atoms with van der Waals surface area (Å²) in [7, 11) is 0. The van der Waals surface area contributed by atoms with Gasteiger partial charge in [0.05, 0.1) is 0 Å². The van der Waals surface area contributed by atoms with Crippen molar-refractivity contribution in [3.05, 3.63) is 33.8 Å². The zero-order chi connectivity index (χ0) is 7.84. The average Bonchev–Trinajstić information content (AvgIpc) is 2.27. The van der Waals surface area contributed by atoms with Crippen molar-refractivity contribution in [2.45, 2.75) is 11.5 Å². The van der Waals surface area contributed by atoms with E-state index in [4.69, 9.17) is 0 Å². The van der Waals surface area contributed by atoms with Gasteiger partial charge in [0.2, 0.25) is 0 Å². The van der Waals surface area contributed by atoms with E-state index in [1.165, 1.54) is 11.1 Å². The van der Waals surface area contributed by atoms with Crippen molar-refractivity contribution in [1.29, 1.82) is 0 Å². The summed E-state index contributed by atoms with van der Waals surface area (Å²) in [5.41, 5.74) is 2.48. The third-order valence-corrected chi connectivity index (χ3v) is 3.56. The molecule has 0 saturated carbocycles. The van der Waals surface area contributed by atoms with Crippen molar-refractivity contribution in [1.82, 2.24) is 0 Å². The number of halogens is 1. The van der Waals surface area contributed by atoms with E-state index in [1.54, 1.807) is 0 Å². The number of hydrogen-bond donors (Lipinski definition) is 0. The Balaban J connectivity index is 2.43. The zero-order valence-corrected chi connectivity index (χ0v) is 8.24. The summed E-state index contributed by atoms with van der Waals surface area (Å²) in [5, 5.41) is 0. The summed E-state index contributed by atoms with van der Waals surface area (Å²) in [4.78, 5) is 0. The molecule has 1 aromatic rings. The first-order valence-corrected chi connectivity index (χ1v) is 5.66. The van der Waals surface area contributed by atoms with Crippen LogP contribution in [-0.4, -0.2) is 4.55 Å². The van der Waals surface area contributed by atoms with Gasteiger partial charge in [-0.1, -0.05) is 22.0 Å². The van der Waals surface area contributed by atoms with Gasteiger partial charge in [-0.3, -0.25) is 0 Å². The maximum Gasteiger partial charge on any atom is 0.131 e. The van der Waals surface area contributed by atoms with Crippen LogP contribution in [0.2, 0.25) is 0 Å². The molecule has 0 bridgehead atoms. The summed E-state index contributed by atoms with van der Waals surface area (Å²) in [6.07, 6.45) is 0. The van der Waals surface area contributed by atoms with Gasteiger partial charge in [-0.15, -0.1) is 0 Å². The molecule has 0 radical (unpaired) electrons. The Bertz CT molecular complexity index is 287. The third-order valence-electron chi connectivity index (χ3n) is 1.80. The summed E-state index contributed by atoms with van der Waals surface area (Å²) in [5.74, 6) is 1.47. The highest BCUT2D eigenvalue weighted by atomic mass is 79.9. The predicted octanol–water partition coefficient (Wildman–Crippen LogP) is 2.21. The first-order valence-electron chi connectivity index (χ1n) is 3.38. The highest BCUT2D eigenvalue weighted by Crippen LogP contribution is 2.27. The molecule has 1 atom stereocenters. The molecule has 1 aliphatic rings. The molecule has 2 rings (SSSR count). The van der Waals surface area contributed by atoms with E-state index in [-0.39, 0.29) is 0 Å². The van der Waals surface area contributed by atoms with Crippen LogP contribution in [-0.2, 0) is 22.7 Å². The Hall–Kier alpha value is 0.01000. The average molecular weight is 231 g/mol. The molecule has 0 fully saturated rings. The number of rotatable bonds is 0. The second-order valence-corrected chi connectivity index (χ2v) is 5.01. The fourth-order valence-electron chi connectivity index (χ4n) is 1.27. The lowest BCUT2D eigenvalue weighted by atomic mass is 10.1. The van der Waals surface area contributed by atoms with Crippen molar-refractivity contribution in [3.63, 3.8) is 0 Å². The van der Waals surface area contributed by atoms with Crippen molar-refractivity contribution in [3.8, 4) is 0 Å². The van der Waals surface area contributed by atoms with Gasteiger partial charge in [-0.25, -0.2) is 0 Å². The van der Waals surface area contributed by atoms with Crippen LogP contribution < -0.4 is 0 Å². The van der Waals surface area contributed by atoms with Crippen LogP contribution in [0.3, 0.4) is 0 Å². The molecular weight excluding hydrogens is 224 g/mol. The molecule has 0 amide bonds. The van der Waals surface area contributed by atoms with Crippen molar-refractivity contribution < 1.29 is 4.55 Å². The molecule has 0 aromatic heterocycles. The minimum absolute atomic E-state index is 0.648. The summed E-state index contributed by atoms with van der Waals surface area (Å²) < 4.78 is 12.2. The lowest BCUT2D eigenvalue weighted by Crippen LogP contribution is -1.95. The van der Waals surface area contributed by atoms with Crippen molar-refractivity contribution in [2.75, 3.05) is 0 Å². The van der Waals surface area contributed by atoms with Crippen LogP contribution in [0.4, 0.5) is 0 Å². The molecule has 1 aromatic carbocycles. The first-order chi connectivity index (χ1) is 5.25. The minimum Gasteiger partial charge on any atom is -0.616 e. The van der Waals surface area contributed by atoms with Crippen LogP contribution in [0.5, 0.6) is 0 Å². The van der Waals surface area contributed by atoms with E-state index in [2.05, 4.69) is 22.0 Å². The molecule has 0 N–H and O–H groups in total. The van der Waals surface area contributed by atoms with Crippen molar-refractivity contribution in [2.24, 2.45) is 0 Å². The van der Waals surface area contributed by atoms with Gasteiger partial charge in [0.25, 0.3) is 0 Å². The van der Waals surface area contributed by atoms with E-state index in [0.717, 1.165) is 16.0 Å². The van der Waals surface area contributed by atoms with Crippen LogP contribution in [0.25, 0.3) is 0 Å². The third kappa shape index (κ3) is 1.45. The van der Waals surface area contributed by atoms with E-state index < -0.39 is 11.2 Å². The Morgan fingerprint density at radius 3 is 2.82 bits per heavy atom. The Morgan fingerprint density at radius 1 is 1.27 bits per heavy atom. The molecule has 58 valence electrons. The Morgan fingerprint density at radius 2 is 2.00 bits per heavy atom. The van der Waals surface area contributed by atoms with E-state index in [9.17, 15) is 4.55 Å². The highest BCUT2D eigenvalue weighted by molar-refractivity contribution is 9.10. The lowest BCUT2D eigenvalue weighted by molar-refractivity contribution is 0.597. The Labute approximate surface area is 77.1 Å². The predicted molar refractivity (Wildman–Crippen MR) is 49.7 cm³/mol. The smallest absolute Gasteiger partial charge is 0.131 e. The zero-order valence-electron chi connectivity index (χ0n) is 5.84. The van der Waals surface area contributed by atoms with Crippen LogP contribution in [0.1, 0.15) is 11.1 Å². The number of fused-ring (bicyclic) bond motifs is 1. The fourth-order valence-corrected chi connectivity index (χ4v) is 3.02. The maximum atomic E-state index is 11.1.